The fourth-order valence-electron chi connectivity index (χ4n) is 3.30. The van der Waals surface area contributed by atoms with E-state index < -0.39 is 0 Å². The maximum absolute atomic E-state index is 5.07. The summed E-state index contributed by atoms with van der Waals surface area (Å²) in [6.45, 7) is 5.11. The number of hydrazone groups is 2. The van der Waals surface area contributed by atoms with Crippen LogP contribution in [-0.2, 0) is 42.3 Å². The predicted octanol–water partition coefficient (Wildman–Crippen LogP) is 4.69. The zero-order chi connectivity index (χ0) is 28.4. The van der Waals surface area contributed by atoms with Crippen molar-refractivity contribution in [1.82, 2.24) is 20.8 Å². The first-order chi connectivity index (χ1) is 19.6. The Balaban J connectivity index is 0.000000280. The average molecular weight is 623 g/mol. The first-order valence-corrected chi connectivity index (χ1v) is 13.5. The maximum Gasteiger partial charge on any atom is 2.00 e. The van der Waals surface area contributed by atoms with Gasteiger partial charge in [-0.15, -0.1) is 0 Å². The molecule has 0 radical (unpaired) electrons. The summed E-state index contributed by atoms with van der Waals surface area (Å²) in [5, 5.41) is 9.45. The minimum absolute atomic E-state index is 0. The molecular formula is C30H30FeN8S2. The molecule has 0 spiro atoms. The molecule has 2 N–H and O–H groups in total. The molecule has 2 heterocycles. The zero-order valence-electron chi connectivity index (χ0n) is 22.7. The third kappa shape index (κ3) is 11.5. The predicted molar refractivity (Wildman–Crippen MR) is 170 cm³/mol. The second-order valence-corrected chi connectivity index (χ2v) is 8.64. The second kappa shape index (κ2) is 19.1. The number of rotatable bonds is 8. The van der Waals surface area contributed by atoms with Crippen molar-refractivity contribution < 1.29 is 17.1 Å². The van der Waals surface area contributed by atoms with Crippen molar-refractivity contribution >= 4 is 47.0 Å². The van der Waals surface area contributed by atoms with Gasteiger partial charge in [-0.2, -0.15) is 10.2 Å². The largest absolute Gasteiger partial charge is 2.00 e. The average Bonchev–Trinajstić information content (AvgIpc) is 3.00. The van der Waals surface area contributed by atoms with Gasteiger partial charge < -0.3 is 25.3 Å². The molecule has 0 saturated heterocycles. The van der Waals surface area contributed by atoms with E-state index in [0.29, 0.717) is 23.4 Å². The van der Waals surface area contributed by atoms with Crippen LogP contribution in [0.3, 0.4) is 0 Å². The molecular weight excluding hydrogens is 592 g/mol. The van der Waals surface area contributed by atoms with E-state index in [2.05, 4.69) is 41.0 Å². The van der Waals surface area contributed by atoms with Crippen LogP contribution in [0.1, 0.15) is 36.4 Å². The number of hydrogen-bond acceptors (Lipinski definition) is 8. The van der Waals surface area contributed by atoms with Gasteiger partial charge in [0, 0.05) is 36.6 Å². The number of hydrogen-bond donors (Lipinski definition) is 2. The van der Waals surface area contributed by atoms with E-state index in [0.717, 1.165) is 33.9 Å². The Hall–Kier alpha value is -4.02. The van der Waals surface area contributed by atoms with Crippen LogP contribution >= 0.6 is 0 Å². The van der Waals surface area contributed by atoms with Crippen LogP contribution in [-0.4, -0.2) is 44.8 Å². The first kappa shape index (κ1) is 33.2. The fraction of sp³-hybridized carbons (Fsp3) is 0.133. The van der Waals surface area contributed by atoms with Gasteiger partial charge in [0.15, 0.2) is 0 Å². The summed E-state index contributed by atoms with van der Waals surface area (Å²) in [4.78, 5) is 16.8. The molecule has 0 fully saturated rings. The van der Waals surface area contributed by atoms with Crippen molar-refractivity contribution in [2.75, 3.05) is 13.1 Å². The number of aliphatic imine (C=N–C) groups is 2. The summed E-state index contributed by atoms with van der Waals surface area (Å²) >= 11 is 10.1. The van der Waals surface area contributed by atoms with Crippen molar-refractivity contribution in [3.05, 3.63) is 132 Å². The molecule has 11 heteroatoms. The van der Waals surface area contributed by atoms with Gasteiger partial charge in [-0.25, -0.2) is 0 Å². The van der Waals surface area contributed by atoms with Gasteiger partial charge in [-0.05, 0) is 48.4 Å². The molecule has 0 saturated carbocycles. The number of amidine groups is 2. The second-order valence-electron chi connectivity index (χ2n) is 7.87. The van der Waals surface area contributed by atoms with Gasteiger partial charge >= 0.3 is 17.1 Å². The van der Waals surface area contributed by atoms with Crippen molar-refractivity contribution in [3.8, 4) is 0 Å². The normalized spacial score (nSPS) is 12.0. The van der Waals surface area contributed by atoms with E-state index in [4.69, 9.17) is 25.3 Å². The van der Waals surface area contributed by atoms with Gasteiger partial charge in [0.25, 0.3) is 0 Å². The minimum Gasteiger partial charge on any atom is -0.741 e. The molecule has 2 aromatic heterocycles. The summed E-state index contributed by atoms with van der Waals surface area (Å²) in [7, 11) is 0. The SMILES string of the molecule is CCN=C([S-])N/N=C(\c1ccccc1)c1ccccn1.CCN=C([S-])N/N=C(\c1ccccc1)c1ccccn1.[Fe+2]. The van der Waals surface area contributed by atoms with Gasteiger partial charge in [-0.1, -0.05) is 72.8 Å². The van der Waals surface area contributed by atoms with Crippen LogP contribution in [0, 0.1) is 0 Å². The Labute approximate surface area is 262 Å². The van der Waals surface area contributed by atoms with Gasteiger partial charge in [0.1, 0.15) is 11.4 Å². The quantitative estimate of drug-likeness (QED) is 0.0973. The number of pyridine rings is 2. The molecule has 0 atom stereocenters. The zero-order valence-corrected chi connectivity index (χ0v) is 25.4. The summed E-state index contributed by atoms with van der Waals surface area (Å²) in [6.07, 6.45) is 3.48. The van der Waals surface area contributed by atoms with Crippen molar-refractivity contribution in [2.24, 2.45) is 20.2 Å². The summed E-state index contributed by atoms with van der Waals surface area (Å²) in [6, 6.07) is 31.1. The van der Waals surface area contributed by atoms with E-state index >= 15 is 0 Å². The molecule has 8 nitrogen and oxygen atoms in total. The molecule has 2 aromatic carbocycles. The molecule has 0 aliphatic rings. The molecule has 0 unspecified atom stereocenters. The Morgan fingerprint density at radius 2 is 0.951 bits per heavy atom. The Bertz CT molecular complexity index is 1220. The number of benzene rings is 2. The smallest absolute Gasteiger partial charge is 0.741 e. The number of nitrogens with one attached hydrogen (secondary N) is 2. The summed E-state index contributed by atoms with van der Waals surface area (Å²) < 4.78 is 0. The van der Waals surface area contributed by atoms with Crippen molar-refractivity contribution in [3.63, 3.8) is 0 Å². The molecule has 4 rings (SSSR count). The van der Waals surface area contributed by atoms with E-state index in [-0.39, 0.29) is 17.1 Å². The molecule has 0 aliphatic carbocycles. The van der Waals surface area contributed by atoms with Crippen LogP contribution in [0.4, 0.5) is 0 Å². The maximum atomic E-state index is 5.07. The van der Waals surface area contributed by atoms with Crippen LogP contribution in [0.2, 0.25) is 0 Å². The molecule has 0 bridgehead atoms. The van der Waals surface area contributed by atoms with Crippen LogP contribution in [0.15, 0.2) is 130 Å². The molecule has 210 valence electrons. The van der Waals surface area contributed by atoms with E-state index in [1.165, 1.54) is 0 Å². The van der Waals surface area contributed by atoms with E-state index in [1.807, 2.05) is 111 Å². The minimum atomic E-state index is 0. The first-order valence-electron chi connectivity index (χ1n) is 12.7. The molecule has 0 amide bonds. The molecule has 41 heavy (non-hydrogen) atoms. The Morgan fingerprint density at radius 1 is 0.585 bits per heavy atom. The van der Waals surface area contributed by atoms with Gasteiger partial charge in [0.2, 0.25) is 0 Å². The monoisotopic (exact) mass is 622 g/mol. The Morgan fingerprint density at radius 3 is 1.27 bits per heavy atom. The van der Waals surface area contributed by atoms with E-state index in [1.54, 1.807) is 12.4 Å². The fourth-order valence-corrected chi connectivity index (χ4v) is 3.65. The molecule has 4 aromatic rings. The summed E-state index contributed by atoms with van der Waals surface area (Å²) in [5.74, 6) is 0. The third-order valence-corrected chi connectivity index (χ3v) is 5.48. The Kier molecular flexibility index (Phi) is 15.5. The number of aromatic nitrogens is 2. The van der Waals surface area contributed by atoms with Gasteiger partial charge in [-0.3, -0.25) is 30.8 Å². The standard InChI is InChI=1S/2C15H16N4S.Fe/c2*1-2-16-15(20)19-18-14(12-8-4-3-5-9-12)13-10-6-7-11-17-13;/h2*3-11H,2H2,1H3,(H2,16,19,20);/q;;+2/p-2/b2*18-14+;. The van der Waals surface area contributed by atoms with Crippen LogP contribution < -0.4 is 10.9 Å². The topological polar surface area (TPSA) is 99.3 Å². The van der Waals surface area contributed by atoms with Crippen LogP contribution in [0.5, 0.6) is 0 Å². The number of nitrogens with zero attached hydrogens (tertiary/aromatic N) is 6. The van der Waals surface area contributed by atoms with Crippen molar-refractivity contribution in [2.45, 2.75) is 13.8 Å². The van der Waals surface area contributed by atoms with E-state index in [9.17, 15) is 0 Å². The molecule has 0 aliphatic heterocycles. The third-order valence-electron chi connectivity index (χ3n) is 5.04. The van der Waals surface area contributed by atoms with Crippen molar-refractivity contribution in [1.29, 1.82) is 0 Å². The summed E-state index contributed by atoms with van der Waals surface area (Å²) in [5.41, 5.74) is 10.6. The van der Waals surface area contributed by atoms with Gasteiger partial charge in [0.05, 0.1) is 11.4 Å². The van der Waals surface area contributed by atoms with Crippen LogP contribution in [0.25, 0.3) is 0 Å².